The van der Waals surface area contributed by atoms with Gasteiger partial charge in [0.1, 0.15) is 5.75 Å². The number of rotatable bonds is 7. The van der Waals surface area contributed by atoms with Crippen molar-refractivity contribution in [3.8, 4) is 16.9 Å². The Morgan fingerprint density at radius 3 is 2.69 bits per heavy atom. The molecule has 2 N–H and O–H groups in total. The molecule has 0 aliphatic carbocycles. The predicted molar refractivity (Wildman–Crippen MR) is 113 cm³/mol. The molecule has 1 fully saturated rings. The third kappa shape index (κ3) is 4.32. The number of methoxy groups -OCH3 is 1. The van der Waals surface area contributed by atoms with Crippen molar-refractivity contribution >= 4 is 5.91 Å². The third-order valence-corrected chi connectivity index (χ3v) is 5.49. The minimum Gasteiger partial charge on any atom is -0.496 e. The smallest absolute Gasteiger partial charge is 0.251 e. The molecule has 2 heterocycles. The number of ether oxygens (including phenoxy) is 1. The second-order valence-electron chi connectivity index (χ2n) is 7.28. The quantitative estimate of drug-likeness (QED) is 0.646. The van der Waals surface area contributed by atoms with Gasteiger partial charge in [0.15, 0.2) is 0 Å². The number of aromatic amines is 1. The van der Waals surface area contributed by atoms with Crippen LogP contribution in [0.4, 0.5) is 0 Å². The van der Waals surface area contributed by atoms with Crippen LogP contribution in [0.15, 0.2) is 60.9 Å². The maximum Gasteiger partial charge on any atom is 0.251 e. The maximum absolute atomic E-state index is 12.9. The van der Waals surface area contributed by atoms with Crippen molar-refractivity contribution in [2.75, 3.05) is 26.7 Å². The van der Waals surface area contributed by atoms with Gasteiger partial charge >= 0.3 is 0 Å². The average Bonchev–Trinajstić information content (AvgIpc) is 3.49. The van der Waals surface area contributed by atoms with Crippen LogP contribution in [-0.2, 0) is 0 Å². The molecule has 150 valence electrons. The van der Waals surface area contributed by atoms with Gasteiger partial charge in [-0.1, -0.05) is 30.3 Å². The maximum atomic E-state index is 12.9. The molecule has 1 aliphatic heterocycles. The number of hydrogen-bond donors (Lipinski definition) is 2. The lowest BCUT2D eigenvalue weighted by atomic mass is 10.0. The molecule has 0 spiro atoms. The number of hydrogen-bond acceptors (Lipinski definition) is 4. The Balaban J connectivity index is 1.49. The van der Waals surface area contributed by atoms with Crippen molar-refractivity contribution < 1.29 is 9.53 Å². The van der Waals surface area contributed by atoms with E-state index in [0.717, 1.165) is 24.2 Å². The van der Waals surface area contributed by atoms with Crippen molar-refractivity contribution in [2.24, 2.45) is 0 Å². The Morgan fingerprint density at radius 1 is 1.21 bits per heavy atom. The predicted octanol–water partition coefficient (Wildman–Crippen LogP) is 3.65. The summed E-state index contributed by atoms with van der Waals surface area (Å²) in [5.74, 6) is 0.556. The van der Waals surface area contributed by atoms with Crippen LogP contribution >= 0.6 is 0 Å². The molecular weight excluding hydrogens is 364 g/mol. The van der Waals surface area contributed by atoms with Crippen LogP contribution in [-0.4, -0.2) is 47.7 Å². The number of carbonyl (C=O) groups excluding carboxylic acids is 1. The SMILES string of the molecule is COc1cc(C(=O)NCC(c2ccccc2)N2CCCC2)ccc1-c1cn[nH]c1. The van der Waals surface area contributed by atoms with E-state index in [4.69, 9.17) is 4.74 Å². The molecule has 1 aromatic heterocycles. The van der Waals surface area contributed by atoms with Gasteiger partial charge in [0.2, 0.25) is 0 Å². The van der Waals surface area contributed by atoms with Gasteiger partial charge in [0.25, 0.3) is 5.91 Å². The van der Waals surface area contributed by atoms with Crippen LogP contribution in [0.5, 0.6) is 5.75 Å². The molecule has 1 unspecified atom stereocenters. The van der Waals surface area contributed by atoms with E-state index in [2.05, 4.69) is 44.7 Å². The fraction of sp³-hybridized carbons (Fsp3) is 0.304. The first-order valence-corrected chi connectivity index (χ1v) is 10.0. The number of likely N-dealkylation sites (tertiary alicyclic amines) is 1. The van der Waals surface area contributed by atoms with Crippen LogP contribution in [0.25, 0.3) is 11.1 Å². The fourth-order valence-electron chi connectivity index (χ4n) is 3.95. The summed E-state index contributed by atoms with van der Waals surface area (Å²) in [5, 5.41) is 9.91. The summed E-state index contributed by atoms with van der Waals surface area (Å²) in [4.78, 5) is 15.3. The minimum absolute atomic E-state index is 0.0952. The summed E-state index contributed by atoms with van der Waals surface area (Å²) in [5.41, 5.74) is 3.65. The number of nitrogens with zero attached hydrogens (tertiary/aromatic N) is 2. The Morgan fingerprint density at radius 2 is 2.00 bits per heavy atom. The van der Waals surface area contributed by atoms with Gasteiger partial charge < -0.3 is 10.1 Å². The number of amides is 1. The van der Waals surface area contributed by atoms with Gasteiger partial charge in [-0.2, -0.15) is 5.10 Å². The summed E-state index contributed by atoms with van der Waals surface area (Å²) < 4.78 is 5.51. The standard InChI is InChI=1S/C23H26N4O2/c1-29-22-13-18(9-10-20(22)19-14-25-26-15-19)23(28)24-16-21(27-11-5-6-12-27)17-7-3-2-4-8-17/h2-4,7-10,13-15,21H,5-6,11-12,16H2,1H3,(H,24,28)(H,25,26). The number of carbonyl (C=O) groups is 1. The average molecular weight is 390 g/mol. The topological polar surface area (TPSA) is 70.2 Å². The van der Waals surface area contributed by atoms with E-state index >= 15 is 0 Å². The second-order valence-corrected chi connectivity index (χ2v) is 7.28. The number of H-pyrrole nitrogens is 1. The van der Waals surface area contributed by atoms with E-state index in [9.17, 15) is 4.79 Å². The molecule has 1 saturated heterocycles. The molecule has 6 nitrogen and oxygen atoms in total. The second kappa shape index (κ2) is 8.92. The molecule has 0 saturated carbocycles. The van der Waals surface area contributed by atoms with Crippen LogP contribution in [0.2, 0.25) is 0 Å². The third-order valence-electron chi connectivity index (χ3n) is 5.49. The first kappa shape index (κ1) is 19.2. The van der Waals surface area contributed by atoms with E-state index in [1.807, 2.05) is 18.2 Å². The van der Waals surface area contributed by atoms with Gasteiger partial charge in [-0.25, -0.2) is 0 Å². The molecule has 6 heteroatoms. The minimum atomic E-state index is -0.0952. The summed E-state index contributed by atoms with van der Waals surface area (Å²) >= 11 is 0. The van der Waals surface area contributed by atoms with Crippen LogP contribution in [0.1, 0.15) is 34.8 Å². The molecule has 0 bridgehead atoms. The largest absolute Gasteiger partial charge is 0.496 e. The van der Waals surface area contributed by atoms with Gasteiger partial charge in [-0.15, -0.1) is 0 Å². The molecule has 0 radical (unpaired) electrons. The van der Waals surface area contributed by atoms with Crippen molar-refractivity contribution in [1.82, 2.24) is 20.4 Å². The molecule has 29 heavy (non-hydrogen) atoms. The Labute approximate surface area is 170 Å². The highest BCUT2D eigenvalue weighted by molar-refractivity contribution is 5.95. The highest BCUT2D eigenvalue weighted by Crippen LogP contribution is 2.30. The van der Waals surface area contributed by atoms with Crippen molar-refractivity contribution in [3.63, 3.8) is 0 Å². The van der Waals surface area contributed by atoms with Crippen molar-refractivity contribution in [3.05, 3.63) is 72.1 Å². The summed E-state index contributed by atoms with van der Waals surface area (Å²) in [7, 11) is 1.61. The molecule has 1 atom stereocenters. The van der Waals surface area contributed by atoms with Gasteiger partial charge in [0, 0.05) is 29.4 Å². The summed E-state index contributed by atoms with van der Waals surface area (Å²) in [6, 6.07) is 16.1. The molecule has 3 aromatic rings. The molecule has 4 rings (SSSR count). The highest BCUT2D eigenvalue weighted by Gasteiger charge is 2.24. The zero-order valence-electron chi connectivity index (χ0n) is 16.6. The lowest BCUT2D eigenvalue weighted by Crippen LogP contribution is -2.36. The Hall–Kier alpha value is -3.12. The normalized spacial score (nSPS) is 15.2. The van der Waals surface area contributed by atoms with E-state index in [0.29, 0.717) is 17.9 Å². The van der Waals surface area contributed by atoms with Crippen LogP contribution in [0, 0.1) is 0 Å². The monoisotopic (exact) mass is 390 g/mol. The van der Waals surface area contributed by atoms with Gasteiger partial charge in [0.05, 0.1) is 19.3 Å². The molecular formula is C23H26N4O2. The first-order valence-electron chi connectivity index (χ1n) is 10.0. The van der Waals surface area contributed by atoms with Crippen molar-refractivity contribution in [1.29, 1.82) is 0 Å². The number of benzene rings is 2. The lowest BCUT2D eigenvalue weighted by Gasteiger charge is -2.28. The highest BCUT2D eigenvalue weighted by atomic mass is 16.5. The number of aromatic nitrogens is 2. The van der Waals surface area contributed by atoms with Crippen LogP contribution in [0.3, 0.4) is 0 Å². The van der Waals surface area contributed by atoms with Gasteiger partial charge in [-0.05, 0) is 49.7 Å². The van der Waals surface area contributed by atoms with E-state index in [1.54, 1.807) is 25.6 Å². The molecule has 2 aromatic carbocycles. The molecule has 1 amide bonds. The summed E-state index contributed by atoms with van der Waals surface area (Å²) in [6.45, 7) is 2.72. The first-order chi connectivity index (χ1) is 14.3. The molecule has 1 aliphatic rings. The van der Waals surface area contributed by atoms with E-state index in [1.165, 1.54) is 18.4 Å². The van der Waals surface area contributed by atoms with E-state index in [-0.39, 0.29) is 11.9 Å². The summed E-state index contributed by atoms with van der Waals surface area (Å²) in [6.07, 6.45) is 5.96. The fourth-order valence-corrected chi connectivity index (χ4v) is 3.95. The van der Waals surface area contributed by atoms with E-state index < -0.39 is 0 Å². The Bertz CT molecular complexity index is 935. The lowest BCUT2D eigenvalue weighted by molar-refractivity contribution is 0.0937. The zero-order valence-corrected chi connectivity index (χ0v) is 16.6. The van der Waals surface area contributed by atoms with Gasteiger partial charge in [-0.3, -0.25) is 14.8 Å². The van der Waals surface area contributed by atoms with Crippen molar-refractivity contribution in [2.45, 2.75) is 18.9 Å². The zero-order chi connectivity index (χ0) is 20.1. The number of nitrogens with one attached hydrogen (secondary N) is 2. The van der Waals surface area contributed by atoms with Crippen LogP contribution < -0.4 is 10.1 Å². The Kier molecular flexibility index (Phi) is 5.91.